The minimum atomic E-state index is -0.441. The predicted octanol–water partition coefficient (Wildman–Crippen LogP) is 24.9. The first-order chi connectivity index (χ1) is 54.7. The Hall–Kier alpha value is -13.4. The van der Waals surface area contributed by atoms with Gasteiger partial charge in [-0.15, -0.1) is 11.3 Å². The second-order valence-corrected chi connectivity index (χ2v) is 26.4. The Kier molecular flexibility index (Phi) is 11.7. The summed E-state index contributed by atoms with van der Waals surface area (Å²) < 4.78 is 93.0. The van der Waals surface area contributed by atoms with E-state index in [0.717, 1.165) is 127 Å². The lowest BCUT2D eigenvalue weighted by molar-refractivity contribution is 1.01. The van der Waals surface area contributed by atoms with Gasteiger partial charge in [0.05, 0.1) is 69.2 Å². The molecular weight excluding hydrogens is 1260 g/mol. The van der Waals surface area contributed by atoms with Gasteiger partial charge in [0.1, 0.15) is 0 Å². The average Bonchev–Trinajstić information content (AvgIpc) is 1.07. The molecule has 0 aliphatic heterocycles. The van der Waals surface area contributed by atoms with E-state index in [2.05, 4.69) is 187 Å². The maximum absolute atomic E-state index is 8.74. The SMILES string of the molecule is [2H]c1c([2H])c([2H])c(-c2nc(-n3c4ccccc4c4cc(-c5ccc(-c6ccc7sc8ccccc8c7c6)cc5)ccc43)nc3ccccc23)c([2H])c1[2H].[2H]c1c([2H])c([2H])c(-n2c3ccccc3c3cc(-c4ccc(-c5ccc6c(c5)c5ccccc5n6-c5nc(-c6ccccc6)c6ccccc6n5)cc4)ccc32)c([2H])c1[2H]. The maximum atomic E-state index is 8.74. The van der Waals surface area contributed by atoms with Crippen LogP contribution in [0.5, 0.6) is 0 Å². The predicted molar refractivity (Wildman–Crippen MR) is 428 cm³/mol. The Morgan fingerprint density at radius 1 is 0.225 bits per heavy atom. The largest absolute Gasteiger partial charge is 0.309 e. The molecule has 0 saturated carbocycles. The van der Waals surface area contributed by atoms with Crippen LogP contribution < -0.4 is 0 Å². The summed E-state index contributed by atoms with van der Waals surface area (Å²) in [7, 11) is 0. The van der Waals surface area contributed by atoms with E-state index in [1.54, 1.807) is 4.57 Å². The van der Waals surface area contributed by atoms with Gasteiger partial charge in [0.2, 0.25) is 11.9 Å². The second-order valence-electron chi connectivity index (χ2n) is 25.3. The van der Waals surface area contributed by atoms with Crippen LogP contribution in [-0.2, 0) is 0 Å². The molecule has 0 amide bonds. The van der Waals surface area contributed by atoms with Crippen molar-refractivity contribution in [3.8, 4) is 84.6 Å². The number of rotatable bonds is 9. The van der Waals surface area contributed by atoms with Gasteiger partial charge in [-0.1, -0.05) is 261 Å². The Morgan fingerprint density at radius 2 is 0.569 bits per heavy atom. The third kappa shape index (κ3) is 9.94. The zero-order chi connectivity index (χ0) is 75.9. The molecule has 0 aliphatic rings. The molecule has 0 unspecified atom stereocenters. The summed E-state index contributed by atoms with van der Waals surface area (Å²) in [6.07, 6.45) is 0. The number of hydrogen-bond donors (Lipinski definition) is 0. The van der Waals surface area contributed by atoms with Crippen molar-refractivity contribution >= 4 is 119 Å². The standard InChI is InChI=1S/C50H32N4.C44H27N3S/c1-3-13-35(14-4-1)49-41-19-7-10-20-44(41)51-50(52-49)54-46-22-12-9-18-40(46)43-32-37(28-30-48(43)54)34-25-23-33(24-26-34)36-27-29-47-42(31-36)39-17-8-11-21-45(39)53(47)38-15-5-2-6-16-38;1-2-10-30(11-3-1)43-35-14-4-7-15-38(35)45-44(46-43)47-39-16-8-5-12-33(39)36-26-31(22-24-40(36)47)28-18-20-29(21-19-28)32-23-25-42-37(27-32)34-13-6-9-17-41(34)48-42/h1-32H;1-27H/i2D,5D,6D,15D,16D;1D,2D,3D,10D,11D. The fourth-order valence-corrected chi connectivity index (χ4v) is 15.9. The van der Waals surface area contributed by atoms with E-state index in [1.807, 2.05) is 131 Å². The van der Waals surface area contributed by atoms with Crippen LogP contribution in [0.25, 0.3) is 192 Å². The lowest BCUT2D eigenvalue weighted by Gasteiger charge is -2.12. The van der Waals surface area contributed by atoms with Gasteiger partial charge in [-0.05, 0) is 142 Å². The van der Waals surface area contributed by atoms with Crippen molar-refractivity contribution in [2.24, 2.45) is 0 Å². The smallest absolute Gasteiger partial charge is 0.235 e. The molecule has 0 fully saturated rings. The molecule has 0 aliphatic carbocycles. The monoisotopic (exact) mass is 1330 g/mol. The van der Waals surface area contributed by atoms with Crippen molar-refractivity contribution in [2.75, 3.05) is 0 Å². The lowest BCUT2D eigenvalue weighted by Crippen LogP contribution is -2.03. The van der Waals surface area contributed by atoms with Crippen LogP contribution in [0.4, 0.5) is 0 Å². The zero-order valence-corrected chi connectivity index (χ0v) is 55.1. The number of thiophene rings is 1. The third-order valence-electron chi connectivity index (χ3n) is 19.6. The van der Waals surface area contributed by atoms with Crippen LogP contribution in [0.2, 0.25) is 0 Å². The van der Waals surface area contributed by atoms with Crippen molar-refractivity contribution < 1.29 is 13.7 Å². The molecule has 0 spiro atoms. The van der Waals surface area contributed by atoms with Crippen LogP contribution >= 0.6 is 11.3 Å². The minimum Gasteiger partial charge on any atom is -0.309 e. The van der Waals surface area contributed by atoms with E-state index in [4.69, 9.17) is 33.6 Å². The fraction of sp³-hybridized carbons (Fsp3) is 0. The van der Waals surface area contributed by atoms with Crippen molar-refractivity contribution in [3.63, 3.8) is 0 Å². The van der Waals surface area contributed by atoms with Gasteiger partial charge in [-0.25, -0.2) is 19.9 Å². The summed E-state index contributed by atoms with van der Waals surface area (Å²) in [4.78, 5) is 20.3. The highest BCUT2D eigenvalue weighted by Crippen LogP contribution is 2.42. The lowest BCUT2D eigenvalue weighted by atomic mass is 9.98. The molecule has 102 heavy (non-hydrogen) atoms. The molecule has 0 atom stereocenters. The van der Waals surface area contributed by atoms with Gasteiger partial charge in [0, 0.05) is 80.1 Å². The number of fused-ring (bicyclic) bond motifs is 14. The molecule has 0 saturated heterocycles. The van der Waals surface area contributed by atoms with Crippen molar-refractivity contribution in [1.82, 2.24) is 33.6 Å². The Balaban J connectivity index is 0.000000147. The van der Waals surface area contributed by atoms with Gasteiger partial charge >= 0.3 is 0 Å². The molecule has 6 aromatic heterocycles. The van der Waals surface area contributed by atoms with Crippen LogP contribution in [0.15, 0.2) is 358 Å². The van der Waals surface area contributed by atoms with E-state index in [1.165, 1.54) is 25.7 Å². The number of para-hydroxylation sites is 6. The molecule has 0 N–H and O–H groups in total. The van der Waals surface area contributed by atoms with E-state index in [-0.39, 0.29) is 53.2 Å². The van der Waals surface area contributed by atoms with E-state index in [0.29, 0.717) is 22.8 Å². The summed E-state index contributed by atoms with van der Waals surface area (Å²) in [6.45, 7) is 0. The molecule has 15 aromatic carbocycles. The number of hydrogen-bond acceptors (Lipinski definition) is 5. The summed E-state index contributed by atoms with van der Waals surface area (Å²) in [6, 6.07) is 98.3. The molecule has 476 valence electrons. The highest BCUT2D eigenvalue weighted by Gasteiger charge is 2.22. The van der Waals surface area contributed by atoms with Gasteiger partial charge in [-0.2, -0.15) is 0 Å². The molecule has 21 rings (SSSR count). The van der Waals surface area contributed by atoms with Gasteiger partial charge < -0.3 is 4.57 Å². The molecule has 21 aromatic rings. The molecule has 0 bridgehead atoms. The van der Waals surface area contributed by atoms with Gasteiger partial charge in [0.25, 0.3) is 0 Å². The van der Waals surface area contributed by atoms with E-state index >= 15 is 0 Å². The van der Waals surface area contributed by atoms with Crippen LogP contribution in [0, 0.1) is 0 Å². The van der Waals surface area contributed by atoms with E-state index < -0.39 is 24.2 Å². The van der Waals surface area contributed by atoms with Crippen molar-refractivity contribution in [1.29, 1.82) is 0 Å². The fourth-order valence-electron chi connectivity index (χ4n) is 14.8. The normalized spacial score (nSPS) is 13.1. The molecule has 7 nitrogen and oxygen atoms in total. The van der Waals surface area contributed by atoms with Crippen molar-refractivity contribution in [3.05, 3.63) is 358 Å². The average molecular weight is 1330 g/mol. The molecule has 6 heterocycles. The first kappa shape index (κ1) is 49.2. The Labute approximate surface area is 605 Å². The summed E-state index contributed by atoms with van der Waals surface area (Å²) in [5, 5.41) is 10.3. The highest BCUT2D eigenvalue weighted by molar-refractivity contribution is 7.25. The summed E-state index contributed by atoms with van der Waals surface area (Å²) in [5.74, 6) is 0.975. The molecule has 0 radical (unpaired) electrons. The Bertz CT molecular complexity index is 7460. The quantitative estimate of drug-likeness (QED) is 0.144. The minimum absolute atomic E-state index is 0.0472. The zero-order valence-electron chi connectivity index (χ0n) is 64.3. The third-order valence-corrected chi connectivity index (χ3v) is 20.7. The first-order valence-electron chi connectivity index (χ1n) is 38.7. The summed E-state index contributed by atoms with van der Waals surface area (Å²) in [5.41, 5.74) is 18.0. The summed E-state index contributed by atoms with van der Waals surface area (Å²) >= 11 is 1.82. The van der Waals surface area contributed by atoms with Crippen molar-refractivity contribution in [2.45, 2.75) is 0 Å². The number of nitrogens with zero attached hydrogens (tertiary/aromatic N) is 7. The Morgan fingerprint density at radius 3 is 1.06 bits per heavy atom. The van der Waals surface area contributed by atoms with Gasteiger partial charge in [0.15, 0.2) is 0 Å². The number of aromatic nitrogens is 7. The van der Waals surface area contributed by atoms with Gasteiger partial charge in [-0.3, -0.25) is 9.13 Å². The maximum Gasteiger partial charge on any atom is 0.235 e. The van der Waals surface area contributed by atoms with E-state index in [9.17, 15) is 0 Å². The first-order valence-corrected chi connectivity index (χ1v) is 34.5. The molecular formula is C94H59N7S. The highest BCUT2D eigenvalue weighted by atomic mass is 32.1. The van der Waals surface area contributed by atoms with Crippen LogP contribution in [0.3, 0.4) is 0 Å². The van der Waals surface area contributed by atoms with Crippen LogP contribution in [-0.4, -0.2) is 33.6 Å². The number of benzene rings is 15. The topological polar surface area (TPSA) is 66.3 Å². The molecule has 8 heteroatoms. The van der Waals surface area contributed by atoms with Crippen LogP contribution in [0.1, 0.15) is 13.7 Å². The second kappa shape index (κ2) is 24.2.